The molecule has 2 heterocycles. The summed E-state index contributed by atoms with van der Waals surface area (Å²) in [6, 6.07) is -0.538. The van der Waals surface area contributed by atoms with Crippen molar-refractivity contribution in [3.05, 3.63) is 11.6 Å². The highest BCUT2D eigenvalue weighted by Gasteiger charge is 2.37. The molecule has 1 saturated carbocycles. The number of carbonyl (C=O) groups excluding carboxylic acids is 2. The Hall–Kier alpha value is -2.13. The van der Waals surface area contributed by atoms with Gasteiger partial charge in [-0.1, -0.05) is 12.8 Å². The molecule has 0 bridgehead atoms. The van der Waals surface area contributed by atoms with Gasteiger partial charge in [-0.15, -0.1) is 0 Å². The summed E-state index contributed by atoms with van der Waals surface area (Å²) in [6.07, 6.45) is -0.756. The zero-order valence-corrected chi connectivity index (χ0v) is 13.2. The third kappa shape index (κ3) is 3.36. The first-order valence-corrected chi connectivity index (χ1v) is 7.80. The van der Waals surface area contributed by atoms with Crippen LogP contribution in [-0.4, -0.2) is 56.3 Å². The van der Waals surface area contributed by atoms with Gasteiger partial charge in [-0.25, -0.2) is 14.5 Å². The number of hydrogen-bond acceptors (Lipinski definition) is 4. The van der Waals surface area contributed by atoms with Crippen LogP contribution in [0.2, 0.25) is 0 Å². The van der Waals surface area contributed by atoms with Crippen LogP contribution >= 0.6 is 0 Å². The molecular formula is C14H18F3N5O2. The third-order valence-corrected chi connectivity index (χ3v) is 4.34. The molecule has 0 aromatic carbocycles. The molecule has 0 N–H and O–H groups in total. The van der Waals surface area contributed by atoms with Crippen LogP contribution in [0.3, 0.4) is 0 Å². The lowest BCUT2D eigenvalue weighted by Crippen LogP contribution is -2.33. The Morgan fingerprint density at radius 2 is 1.88 bits per heavy atom. The number of amides is 3. The van der Waals surface area contributed by atoms with Crippen molar-refractivity contribution < 1.29 is 22.8 Å². The van der Waals surface area contributed by atoms with Gasteiger partial charge in [-0.2, -0.15) is 18.3 Å². The van der Waals surface area contributed by atoms with Gasteiger partial charge in [0, 0.05) is 13.0 Å². The maximum absolute atomic E-state index is 12.8. The molecule has 0 radical (unpaired) electrons. The van der Waals surface area contributed by atoms with E-state index in [4.69, 9.17) is 0 Å². The lowest BCUT2D eigenvalue weighted by Gasteiger charge is -2.14. The predicted molar refractivity (Wildman–Crippen MR) is 75.9 cm³/mol. The number of alkyl halides is 3. The summed E-state index contributed by atoms with van der Waals surface area (Å²) in [5.74, 6) is -0.0391. The minimum atomic E-state index is -4.45. The van der Waals surface area contributed by atoms with Crippen LogP contribution in [0.1, 0.15) is 43.3 Å². The maximum Gasteiger partial charge on any atom is 0.408 e. The number of likely N-dealkylation sites (N-methyl/N-ethyl adjacent to an activating group) is 1. The van der Waals surface area contributed by atoms with Gasteiger partial charge in [0.1, 0.15) is 18.9 Å². The smallest absolute Gasteiger partial charge is 0.318 e. The third-order valence-electron chi connectivity index (χ3n) is 4.34. The van der Waals surface area contributed by atoms with Crippen molar-refractivity contribution in [2.45, 2.75) is 50.9 Å². The summed E-state index contributed by atoms with van der Waals surface area (Å²) in [5, 5.41) is 4.01. The average molecular weight is 345 g/mol. The number of rotatable bonds is 4. The van der Waals surface area contributed by atoms with Crippen molar-refractivity contribution in [3.8, 4) is 0 Å². The van der Waals surface area contributed by atoms with Gasteiger partial charge in [0.15, 0.2) is 5.82 Å². The van der Waals surface area contributed by atoms with Gasteiger partial charge in [0.2, 0.25) is 0 Å². The fraction of sp³-hybridized carbons (Fsp3) is 0.714. The Morgan fingerprint density at radius 1 is 1.21 bits per heavy atom. The zero-order chi connectivity index (χ0) is 17.5. The number of imide groups is 1. The number of urea groups is 1. The van der Waals surface area contributed by atoms with Gasteiger partial charge in [0.25, 0.3) is 5.91 Å². The van der Waals surface area contributed by atoms with Crippen LogP contribution in [-0.2, 0) is 17.9 Å². The van der Waals surface area contributed by atoms with Crippen LogP contribution < -0.4 is 0 Å². The molecule has 2 fully saturated rings. The largest absolute Gasteiger partial charge is 0.408 e. The van der Waals surface area contributed by atoms with E-state index in [9.17, 15) is 22.8 Å². The molecule has 3 rings (SSSR count). The Labute approximate surface area is 136 Å². The van der Waals surface area contributed by atoms with E-state index in [0.29, 0.717) is 5.82 Å². The standard InChI is InChI=1S/C14H18F3N5O2/c1-20-7-11(23)21(13(20)24)6-10-18-12(9-4-2-3-5-9)19-22(10)8-14(15,16)17/h9H,2-8H2,1H3. The van der Waals surface area contributed by atoms with Gasteiger partial charge in [-0.05, 0) is 12.8 Å². The minimum Gasteiger partial charge on any atom is -0.318 e. The fourth-order valence-electron chi connectivity index (χ4n) is 3.13. The van der Waals surface area contributed by atoms with Crippen molar-refractivity contribution in [3.63, 3.8) is 0 Å². The molecule has 10 heteroatoms. The summed E-state index contributed by atoms with van der Waals surface area (Å²) < 4.78 is 39.1. The van der Waals surface area contributed by atoms with E-state index in [1.807, 2.05) is 0 Å². The second-order valence-corrected chi connectivity index (χ2v) is 6.26. The lowest BCUT2D eigenvalue weighted by atomic mass is 10.1. The molecule has 24 heavy (non-hydrogen) atoms. The van der Waals surface area contributed by atoms with E-state index in [1.54, 1.807) is 0 Å². The quantitative estimate of drug-likeness (QED) is 0.782. The van der Waals surface area contributed by atoms with Crippen LogP contribution in [0.15, 0.2) is 0 Å². The summed E-state index contributed by atoms with van der Waals surface area (Å²) in [7, 11) is 1.46. The number of aromatic nitrogens is 3. The number of nitrogens with zero attached hydrogens (tertiary/aromatic N) is 5. The molecule has 1 aliphatic carbocycles. The summed E-state index contributed by atoms with van der Waals surface area (Å²) in [5.41, 5.74) is 0. The first-order valence-electron chi connectivity index (χ1n) is 7.80. The van der Waals surface area contributed by atoms with E-state index < -0.39 is 24.7 Å². The maximum atomic E-state index is 12.8. The summed E-state index contributed by atoms with van der Waals surface area (Å²) >= 11 is 0. The summed E-state index contributed by atoms with van der Waals surface area (Å²) in [4.78, 5) is 30.1. The molecule has 0 spiro atoms. The highest BCUT2D eigenvalue weighted by atomic mass is 19.4. The van der Waals surface area contributed by atoms with Crippen molar-refractivity contribution >= 4 is 11.9 Å². The van der Waals surface area contributed by atoms with E-state index in [-0.39, 0.29) is 24.8 Å². The van der Waals surface area contributed by atoms with Gasteiger partial charge in [0.05, 0.1) is 6.54 Å². The van der Waals surface area contributed by atoms with E-state index in [2.05, 4.69) is 10.1 Å². The Morgan fingerprint density at radius 3 is 2.42 bits per heavy atom. The van der Waals surface area contributed by atoms with Gasteiger partial charge < -0.3 is 4.90 Å². The number of carbonyl (C=O) groups is 2. The Bertz CT molecular complexity index is 651. The second-order valence-electron chi connectivity index (χ2n) is 6.26. The highest BCUT2D eigenvalue weighted by molar-refractivity contribution is 6.01. The molecule has 1 aliphatic heterocycles. The molecule has 132 valence electrons. The Kier molecular flexibility index (Phi) is 4.22. The average Bonchev–Trinajstić information content (AvgIpc) is 3.15. The molecule has 1 saturated heterocycles. The van der Waals surface area contributed by atoms with Crippen LogP contribution in [0.25, 0.3) is 0 Å². The number of hydrogen-bond donors (Lipinski definition) is 0. The van der Waals surface area contributed by atoms with E-state index in [0.717, 1.165) is 35.3 Å². The van der Waals surface area contributed by atoms with Crippen molar-refractivity contribution in [1.82, 2.24) is 24.6 Å². The van der Waals surface area contributed by atoms with Gasteiger partial charge >= 0.3 is 12.2 Å². The SMILES string of the molecule is CN1CC(=O)N(Cc2nc(C3CCCC3)nn2CC(F)(F)F)C1=O. The predicted octanol–water partition coefficient (Wildman–Crippen LogP) is 1.89. The fourth-order valence-corrected chi connectivity index (χ4v) is 3.13. The van der Waals surface area contributed by atoms with Crippen molar-refractivity contribution in [2.24, 2.45) is 0 Å². The molecule has 2 aliphatic rings. The van der Waals surface area contributed by atoms with Gasteiger partial charge in [-0.3, -0.25) is 9.69 Å². The molecule has 7 nitrogen and oxygen atoms in total. The van der Waals surface area contributed by atoms with Crippen molar-refractivity contribution in [1.29, 1.82) is 0 Å². The monoisotopic (exact) mass is 345 g/mol. The van der Waals surface area contributed by atoms with Crippen LogP contribution in [0.4, 0.5) is 18.0 Å². The second kappa shape index (κ2) is 6.06. The molecular weight excluding hydrogens is 327 g/mol. The molecule has 1 aromatic rings. The molecule has 3 amide bonds. The normalized spacial score (nSPS) is 19.8. The number of halogens is 3. The minimum absolute atomic E-state index is 0.00812. The Balaban J connectivity index is 1.87. The molecule has 1 aromatic heterocycles. The van der Waals surface area contributed by atoms with E-state index in [1.165, 1.54) is 11.9 Å². The van der Waals surface area contributed by atoms with E-state index >= 15 is 0 Å². The summed E-state index contributed by atoms with van der Waals surface area (Å²) in [6.45, 7) is -1.66. The topological polar surface area (TPSA) is 71.3 Å². The molecule has 0 atom stereocenters. The first kappa shape index (κ1) is 16.7. The zero-order valence-electron chi connectivity index (χ0n) is 13.2. The van der Waals surface area contributed by atoms with Crippen molar-refractivity contribution in [2.75, 3.05) is 13.6 Å². The lowest BCUT2D eigenvalue weighted by molar-refractivity contribution is -0.143. The first-order chi connectivity index (χ1) is 11.2. The van der Waals surface area contributed by atoms with Crippen LogP contribution in [0, 0.1) is 0 Å². The highest BCUT2D eigenvalue weighted by Crippen LogP contribution is 2.32. The van der Waals surface area contributed by atoms with Crippen LogP contribution in [0.5, 0.6) is 0 Å². The molecule has 0 unspecified atom stereocenters.